The minimum absolute atomic E-state index is 0.0480. The van der Waals surface area contributed by atoms with Crippen LogP contribution in [0.2, 0.25) is 5.02 Å². The number of aryl methyl sites for hydroxylation is 1. The maximum absolute atomic E-state index is 11.7. The second-order valence-corrected chi connectivity index (χ2v) is 6.14. The van der Waals surface area contributed by atoms with E-state index in [9.17, 15) is 15.0 Å². The summed E-state index contributed by atoms with van der Waals surface area (Å²) in [6.07, 6.45) is 1.29. The lowest BCUT2D eigenvalue weighted by Gasteiger charge is -2.07. The van der Waals surface area contributed by atoms with Crippen LogP contribution in [0.3, 0.4) is 0 Å². The Labute approximate surface area is 151 Å². The van der Waals surface area contributed by atoms with E-state index in [1.165, 1.54) is 18.3 Å². The fourth-order valence-corrected chi connectivity index (χ4v) is 2.66. The van der Waals surface area contributed by atoms with Crippen molar-refractivity contribution < 1.29 is 19.7 Å². The van der Waals surface area contributed by atoms with Gasteiger partial charge in [-0.1, -0.05) is 11.6 Å². The van der Waals surface area contributed by atoms with Crippen LogP contribution in [-0.2, 0) is 4.79 Å². The molecule has 6 nitrogen and oxygen atoms in total. The Balaban J connectivity index is 1.91. The Morgan fingerprint density at radius 3 is 2.79 bits per heavy atom. The van der Waals surface area contributed by atoms with E-state index in [4.69, 9.17) is 16.3 Å². The van der Waals surface area contributed by atoms with Gasteiger partial charge in [0.15, 0.2) is 6.61 Å². The number of phenolic OH excluding ortho intramolecular Hbond substituents is 2. The van der Waals surface area contributed by atoms with Crippen LogP contribution in [0.15, 0.2) is 39.9 Å². The van der Waals surface area contributed by atoms with Crippen LogP contribution < -0.4 is 10.2 Å². The van der Waals surface area contributed by atoms with Gasteiger partial charge in [-0.2, -0.15) is 5.10 Å². The van der Waals surface area contributed by atoms with Crippen molar-refractivity contribution >= 4 is 39.7 Å². The number of carbonyl (C=O) groups is 1. The fraction of sp³-hybridized carbons (Fsp3) is 0.125. The number of ether oxygens (including phenoxy) is 1. The number of hydrogen-bond acceptors (Lipinski definition) is 5. The molecule has 126 valence electrons. The molecule has 2 aromatic rings. The molecule has 2 aromatic carbocycles. The molecule has 0 fully saturated rings. The molecule has 8 heteroatoms. The molecule has 0 bridgehead atoms. The van der Waals surface area contributed by atoms with Crippen LogP contribution in [0.25, 0.3) is 0 Å². The number of nitrogens with one attached hydrogen (secondary N) is 1. The smallest absolute Gasteiger partial charge is 0.277 e. The lowest BCUT2D eigenvalue weighted by Crippen LogP contribution is -2.24. The van der Waals surface area contributed by atoms with Crippen molar-refractivity contribution in [2.75, 3.05) is 6.61 Å². The molecule has 0 radical (unpaired) electrons. The van der Waals surface area contributed by atoms with Crippen molar-refractivity contribution in [3.63, 3.8) is 0 Å². The van der Waals surface area contributed by atoms with Gasteiger partial charge in [-0.3, -0.25) is 4.79 Å². The molecule has 0 aliphatic heterocycles. The van der Waals surface area contributed by atoms with Crippen LogP contribution in [0.4, 0.5) is 0 Å². The second kappa shape index (κ2) is 8.03. The highest BCUT2D eigenvalue weighted by atomic mass is 79.9. The molecule has 0 aromatic heterocycles. The third-order valence-electron chi connectivity index (χ3n) is 2.99. The number of phenols is 2. The highest BCUT2D eigenvalue weighted by molar-refractivity contribution is 9.10. The lowest BCUT2D eigenvalue weighted by atomic mass is 10.1. The summed E-state index contributed by atoms with van der Waals surface area (Å²) < 4.78 is 5.98. The van der Waals surface area contributed by atoms with Crippen molar-refractivity contribution in [3.05, 3.63) is 51.0 Å². The average molecular weight is 414 g/mol. The van der Waals surface area contributed by atoms with Gasteiger partial charge in [-0.15, -0.1) is 0 Å². The number of hydrogen-bond donors (Lipinski definition) is 3. The SMILES string of the molecule is Cc1cc(O)cc(O)c1/C=N\NC(=O)COc1ccc(Cl)cc1Br. The molecule has 0 saturated heterocycles. The maximum atomic E-state index is 11.7. The molecule has 2 rings (SSSR count). The Morgan fingerprint density at radius 1 is 1.38 bits per heavy atom. The second-order valence-electron chi connectivity index (χ2n) is 4.85. The van der Waals surface area contributed by atoms with Crippen LogP contribution in [0.5, 0.6) is 17.2 Å². The highest BCUT2D eigenvalue weighted by Gasteiger charge is 2.07. The van der Waals surface area contributed by atoms with Gasteiger partial charge in [-0.05, 0) is 52.7 Å². The van der Waals surface area contributed by atoms with Crippen molar-refractivity contribution in [2.24, 2.45) is 5.10 Å². The zero-order valence-electron chi connectivity index (χ0n) is 12.6. The first kappa shape index (κ1) is 18.1. The zero-order chi connectivity index (χ0) is 17.7. The molecule has 1 amide bonds. The number of benzene rings is 2. The average Bonchev–Trinajstić information content (AvgIpc) is 2.49. The summed E-state index contributed by atoms with van der Waals surface area (Å²) in [7, 11) is 0. The third-order valence-corrected chi connectivity index (χ3v) is 3.84. The molecular formula is C16H14BrClN2O4. The quantitative estimate of drug-likeness (QED) is 0.518. The van der Waals surface area contributed by atoms with Gasteiger partial charge in [0, 0.05) is 16.7 Å². The van der Waals surface area contributed by atoms with Crippen LogP contribution in [0.1, 0.15) is 11.1 Å². The Morgan fingerprint density at radius 2 is 2.12 bits per heavy atom. The number of aromatic hydroxyl groups is 2. The van der Waals surface area contributed by atoms with Gasteiger partial charge in [0.2, 0.25) is 0 Å². The summed E-state index contributed by atoms with van der Waals surface area (Å²) in [5.41, 5.74) is 3.31. The van der Waals surface area contributed by atoms with Crippen LogP contribution in [-0.4, -0.2) is 28.9 Å². The van der Waals surface area contributed by atoms with E-state index in [0.717, 1.165) is 0 Å². The first-order valence-electron chi connectivity index (χ1n) is 6.79. The topological polar surface area (TPSA) is 91.1 Å². The van der Waals surface area contributed by atoms with Gasteiger partial charge < -0.3 is 14.9 Å². The molecule has 0 aliphatic carbocycles. The first-order chi connectivity index (χ1) is 11.4. The Hall–Kier alpha value is -2.25. The molecular weight excluding hydrogens is 400 g/mol. The molecule has 24 heavy (non-hydrogen) atoms. The Kier molecular flexibility index (Phi) is 6.05. The van der Waals surface area contributed by atoms with Gasteiger partial charge >= 0.3 is 0 Å². The van der Waals surface area contributed by atoms with Crippen molar-refractivity contribution in [1.82, 2.24) is 5.43 Å². The van der Waals surface area contributed by atoms with Gasteiger partial charge in [-0.25, -0.2) is 5.43 Å². The standard InChI is InChI=1S/C16H14BrClN2O4/c1-9-4-11(21)6-14(22)12(9)7-19-20-16(23)8-24-15-3-2-10(18)5-13(15)17/h2-7,21-22H,8H2,1H3,(H,20,23)/b19-7-. The van der Waals surface area contributed by atoms with E-state index in [1.807, 2.05) is 0 Å². The lowest BCUT2D eigenvalue weighted by molar-refractivity contribution is -0.123. The molecule has 0 spiro atoms. The van der Waals surface area contributed by atoms with E-state index in [1.54, 1.807) is 25.1 Å². The van der Waals surface area contributed by atoms with E-state index in [2.05, 4.69) is 26.5 Å². The van der Waals surface area contributed by atoms with Crippen molar-refractivity contribution in [1.29, 1.82) is 0 Å². The summed E-state index contributed by atoms with van der Waals surface area (Å²) in [5.74, 6) is -0.172. The van der Waals surface area contributed by atoms with E-state index in [-0.39, 0.29) is 18.1 Å². The minimum atomic E-state index is -0.468. The maximum Gasteiger partial charge on any atom is 0.277 e. The third kappa shape index (κ3) is 4.87. The van der Waals surface area contributed by atoms with Crippen LogP contribution in [0, 0.1) is 6.92 Å². The summed E-state index contributed by atoms with van der Waals surface area (Å²) in [6, 6.07) is 7.61. The molecule has 3 N–H and O–H groups in total. The number of carbonyl (C=O) groups excluding carboxylic acids is 1. The summed E-state index contributed by atoms with van der Waals surface area (Å²) >= 11 is 9.10. The molecule has 0 aliphatic rings. The van der Waals surface area contributed by atoms with Gasteiger partial charge in [0.1, 0.15) is 17.2 Å². The monoisotopic (exact) mass is 412 g/mol. The summed E-state index contributed by atoms with van der Waals surface area (Å²) in [4.78, 5) is 11.7. The van der Waals surface area contributed by atoms with Crippen molar-refractivity contribution in [2.45, 2.75) is 6.92 Å². The summed E-state index contributed by atoms with van der Waals surface area (Å²) in [6.45, 7) is 1.46. The largest absolute Gasteiger partial charge is 0.508 e. The van der Waals surface area contributed by atoms with Gasteiger partial charge in [0.25, 0.3) is 5.91 Å². The molecule has 0 saturated carbocycles. The van der Waals surface area contributed by atoms with E-state index >= 15 is 0 Å². The van der Waals surface area contributed by atoms with E-state index < -0.39 is 5.91 Å². The van der Waals surface area contributed by atoms with E-state index in [0.29, 0.717) is 26.4 Å². The predicted octanol–water partition coefficient (Wildman–Crippen LogP) is 3.35. The number of rotatable bonds is 5. The van der Waals surface area contributed by atoms with Gasteiger partial charge in [0.05, 0.1) is 10.7 Å². The summed E-state index contributed by atoms with van der Waals surface area (Å²) in [5, 5.41) is 23.4. The number of hydrazone groups is 1. The van der Waals surface area contributed by atoms with Crippen molar-refractivity contribution in [3.8, 4) is 17.2 Å². The normalized spacial score (nSPS) is 10.8. The number of amides is 1. The molecule has 0 atom stereocenters. The Bertz CT molecular complexity index is 773. The molecule has 0 unspecified atom stereocenters. The zero-order valence-corrected chi connectivity index (χ0v) is 14.9. The molecule has 0 heterocycles. The minimum Gasteiger partial charge on any atom is -0.508 e. The van der Waals surface area contributed by atoms with Crippen LogP contribution >= 0.6 is 27.5 Å². The number of halogens is 2. The first-order valence-corrected chi connectivity index (χ1v) is 7.96. The predicted molar refractivity (Wildman–Crippen MR) is 94.9 cm³/mol. The number of nitrogens with zero attached hydrogens (tertiary/aromatic N) is 1. The highest BCUT2D eigenvalue weighted by Crippen LogP contribution is 2.28. The fourth-order valence-electron chi connectivity index (χ4n) is 1.87.